The lowest BCUT2D eigenvalue weighted by Crippen LogP contribution is -2.26. The van der Waals surface area contributed by atoms with E-state index in [2.05, 4.69) is 25.9 Å². The summed E-state index contributed by atoms with van der Waals surface area (Å²) < 4.78 is 4.38. The molecule has 3 heterocycles. The number of carboxylic acid groups (broad SMARTS) is 1. The first-order valence-electron chi connectivity index (χ1n) is 8.67. The van der Waals surface area contributed by atoms with Gasteiger partial charge in [-0.1, -0.05) is 0 Å². The lowest BCUT2D eigenvalue weighted by atomic mass is 10.3. The van der Waals surface area contributed by atoms with Gasteiger partial charge in [-0.2, -0.15) is 15.3 Å². The summed E-state index contributed by atoms with van der Waals surface area (Å²) in [7, 11) is 3.39. The van der Waals surface area contributed by atoms with Crippen molar-refractivity contribution in [1.29, 1.82) is 0 Å². The minimum Gasteiger partial charge on any atom is -0.478 e. The van der Waals surface area contributed by atoms with Crippen molar-refractivity contribution in [3.05, 3.63) is 47.8 Å². The molecule has 3 N–H and O–H groups in total. The average molecular weight is 400 g/mol. The number of carbonyl (C=O) groups excluding carboxylic acids is 2. The van der Waals surface area contributed by atoms with E-state index in [1.807, 2.05) is 0 Å². The highest BCUT2D eigenvalue weighted by molar-refractivity contribution is 6.02. The van der Waals surface area contributed by atoms with E-state index in [4.69, 9.17) is 5.11 Å². The molecular weight excluding hydrogens is 380 g/mol. The fourth-order valence-corrected chi connectivity index (χ4v) is 2.65. The molecule has 3 rings (SSSR count). The van der Waals surface area contributed by atoms with E-state index in [1.54, 1.807) is 31.2 Å². The highest BCUT2D eigenvalue weighted by Crippen LogP contribution is 2.15. The van der Waals surface area contributed by atoms with Crippen molar-refractivity contribution in [3.8, 4) is 0 Å². The Bertz CT molecular complexity index is 1050. The first-order valence-corrected chi connectivity index (χ1v) is 8.67. The average Bonchev–Trinajstić information content (AvgIpc) is 3.39. The maximum Gasteiger partial charge on any atom is 0.338 e. The van der Waals surface area contributed by atoms with Crippen LogP contribution < -0.4 is 10.6 Å². The number of aromatic carboxylic acids is 1. The van der Waals surface area contributed by atoms with Crippen molar-refractivity contribution >= 4 is 23.5 Å². The first-order chi connectivity index (χ1) is 13.8. The second-order valence-corrected chi connectivity index (χ2v) is 6.33. The monoisotopic (exact) mass is 400 g/mol. The summed E-state index contributed by atoms with van der Waals surface area (Å²) in [6, 6.07) is 0. The van der Waals surface area contributed by atoms with Gasteiger partial charge in [0.25, 0.3) is 5.91 Å². The topological polar surface area (TPSA) is 149 Å². The van der Waals surface area contributed by atoms with Crippen LogP contribution in [-0.4, -0.2) is 52.2 Å². The molecule has 3 aromatic rings. The van der Waals surface area contributed by atoms with Crippen molar-refractivity contribution in [2.24, 2.45) is 14.1 Å². The Labute approximate surface area is 165 Å². The molecule has 0 radical (unpaired) electrons. The predicted octanol–water partition coefficient (Wildman–Crippen LogP) is 0.00710. The molecule has 0 bridgehead atoms. The van der Waals surface area contributed by atoms with E-state index in [9.17, 15) is 14.4 Å². The van der Waals surface area contributed by atoms with Gasteiger partial charge in [0, 0.05) is 51.6 Å². The summed E-state index contributed by atoms with van der Waals surface area (Å²) in [5.74, 6) is -1.83. The Kier molecular flexibility index (Phi) is 5.71. The van der Waals surface area contributed by atoms with Crippen LogP contribution in [0.4, 0.5) is 5.69 Å². The van der Waals surface area contributed by atoms with Crippen LogP contribution >= 0.6 is 0 Å². The predicted molar refractivity (Wildman–Crippen MR) is 100 cm³/mol. The molecule has 0 aliphatic carbocycles. The maximum atomic E-state index is 12.5. The number of nitrogens with zero attached hydrogens (tertiary/aromatic N) is 6. The van der Waals surface area contributed by atoms with Crippen LogP contribution in [0.3, 0.4) is 0 Å². The summed E-state index contributed by atoms with van der Waals surface area (Å²) >= 11 is 0. The lowest BCUT2D eigenvalue weighted by Gasteiger charge is -2.08. The molecule has 0 spiro atoms. The van der Waals surface area contributed by atoms with Crippen LogP contribution in [0.5, 0.6) is 0 Å². The highest BCUT2D eigenvalue weighted by atomic mass is 16.4. The third-order valence-electron chi connectivity index (χ3n) is 4.09. The van der Waals surface area contributed by atoms with Gasteiger partial charge in [-0.05, 0) is 0 Å². The minimum atomic E-state index is -1.09. The second-order valence-electron chi connectivity index (χ2n) is 6.33. The number of hydrogen-bond donors (Lipinski definition) is 3. The summed E-state index contributed by atoms with van der Waals surface area (Å²) in [6.07, 6.45) is 7.44. The number of hydrogen-bond acceptors (Lipinski definition) is 6. The molecule has 3 aromatic heterocycles. The number of anilines is 1. The van der Waals surface area contributed by atoms with Gasteiger partial charge in [0.15, 0.2) is 0 Å². The van der Waals surface area contributed by atoms with Gasteiger partial charge >= 0.3 is 5.97 Å². The van der Waals surface area contributed by atoms with Crippen LogP contribution in [0.2, 0.25) is 0 Å². The Balaban J connectivity index is 1.58. The summed E-state index contributed by atoms with van der Waals surface area (Å²) in [5, 5.41) is 26.3. The van der Waals surface area contributed by atoms with Crippen LogP contribution in [0.25, 0.3) is 0 Å². The quantitative estimate of drug-likeness (QED) is 0.482. The molecule has 0 atom stereocenters. The number of aryl methyl sites for hydroxylation is 3. The molecule has 0 saturated heterocycles. The molecule has 2 amide bonds. The van der Waals surface area contributed by atoms with Crippen LogP contribution in [0.1, 0.15) is 32.8 Å². The van der Waals surface area contributed by atoms with E-state index < -0.39 is 5.97 Å². The molecule has 0 fully saturated rings. The SMILES string of the molecule is Cn1cc(CNC(=O)c2c(NC(=O)CCn3cc(C(=O)O)cn3)cnn2C)cn1. The third-order valence-corrected chi connectivity index (χ3v) is 4.09. The highest BCUT2D eigenvalue weighted by Gasteiger charge is 2.19. The van der Waals surface area contributed by atoms with E-state index in [1.165, 1.54) is 28.0 Å². The van der Waals surface area contributed by atoms with Crippen LogP contribution in [-0.2, 0) is 32.0 Å². The van der Waals surface area contributed by atoms with Crippen molar-refractivity contribution in [1.82, 2.24) is 34.7 Å². The summed E-state index contributed by atoms with van der Waals surface area (Å²) in [5.41, 5.74) is 1.39. The largest absolute Gasteiger partial charge is 0.478 e. The molecule has 29 heavy (non-hydrogen) atoms. The fourth-order valence-electron chi connectivity index (χ4n) is 2.65. The first kappa shape index (κ1) is 19.8. The van der Waals surface area contributed by atoms with Gasteiger partial charge in [-0.15, -0.1) is 0 Å². The molecule has 0 aromatic carbocycles. The molecule has 0 aliphatic heterocycles. The van der Waals surface area contributed by atoms with E-state index in [0.29, 0.717) is 0 Å². The zero-order chi connectivity index (χ0) is 21.0. The van der Waals surface area contributed by atoms with Gasteiger partial charge in [-0.3, -0.25) is 23.6 Å². The van der Waals surface area contributed by atoms with E-state index in [0.717, 1.165) is 5.56 Å². The molecule has 152 valence electrons. The second kappa shape index (κ2) is 8.37. The number of carbonyl (C=O) groups is 3. The minimum absolute atomic E-state index is 0.0465. The number of amides is 2. The lowest BCUT2D eigenvalue weighted by molar-refractivity contribution is -0.116. The van der Waals surface area contributed by atoms with Gasteiger partial charge in [0.2, 0.25) is 5.91 Å². The Hall–Kier alpha value is -3.96. The Morgan fingerprint density at radius 3 is 2.52 bits per heavy atom. The van der Waals surface area contributed by atoms with Crippen LogP contribution in [0, 0.1) is 0 Å². The van der Waals surface area contributed by atoms with Crippen molar-refractivity contribution < 1.29 is 19.5 Å². The molecule has 12 nitrogen and oxygen atoms in total. The number of rotatable bonds is 8. The van der Waals surface area contributed by atoms with E-state index >= 15 is 0 Å². The smallest absolute Gasteiger partial charge is 0.338 e. The Morgan fingerprint density at radius 1 is 1.07 bits per heavy atom. The van der Waals surface area contributed by atoms with Gasteiger partial charge in [0.05, 0.1) is 29.8 Å². The summed E-state index contributed by atoms with van der Waals surface area (Å²) in [6.45, 7) is 0.484. The number of nitrogens with one attached hydrogen (secondary N) is 2. The molecular formula is C17H20N8O4. The third kappa shape index (κ3) is 4.86. The van der Waals surface area contributed by atoms with Gasteiger partial charge in [-0.25, -0.2) is 4.79 Å². The fraction of sp³-hybridized carbons (Fsp3) is 0.294. The molecule has 0 unspecified atom stereocenters. The maximum absolute atomic E-state index is 12.5. The molecule has 0 aliphatic rings. The zero-order valence-corrected chi connectivity index (χ0v) is 15.9. The van der Waals surface area contributed by atoms with E-state index in [-0.39, 0.29) is 48.3 Å². The van der Waals surface area contributed by atoms with Gasteiger partial charge < -0.3 is 15.7 Å². The number of aromatic nitrogens is 6. The molecule has 0 saturated carbocycles. The Morgan fingerprint density at radius 2 is 1.86 bits per heavy atom. The summed E-state index contributed by atoms with van der Waals surface area (Å²) in [4.78, 5) is 35.6. The number of carboxylic acids is 1. The van der Waals surface area contributed by atoms with Crippen LogP contribution in [0.15, 0.2) is 31.0 Å². The van der Waals surface area contributed by atoms with Crippen molar-refractivity contribution in [2.45, 2.75) is 19.5 Å². The van der Waals surface area contributed by atoms with Crippen molar-refractivity contribution in [2.75, 3.05) is 5.32 Å². The zero-order valence-electron chi connectivity index (χ0n) is 15.9. The van der Waals surface area contributed by atoms with Crippen molar-refractivity contribution in [3.63, 3.8) is 0 Å². The van der Waals surface area contributed by atoms with Gasteiger partial charge in [0.1, 0.15) is 5.69 Å². The standard InChI is InChI=1S/C17H20N8O4/c1-23-9-11(6-19-23)5-18-16(27)15-13(8-20-24(15)2)22-14(26)3-4-25-10-12(7-21-25)17(28)29/h6-10H,3-5H2,1-2H3,(H,18,27)(H,22,26)(H,28,29). The normalized spacial score (nSPS) is 10.7. The molecule has 12 heteroatoms.